The Labute approximate surface area is 86.9 Å². The number of carbonyl (C=O) groups is 1. The zero-order valence-corrected chi connectivity index (χ0v) is 10.1. The fourth-order valence-electron chi connectivity index (χ4n) is 2.16. The van der Waals surface area contributed by atoms with Crippen molar-refractivity contribution >= 4 is 5.78 Å². The topological polar surface area (TPSA) is 17.1 Å². The molecule has 1 nitrogen and oxygen atoms in total. The molecule has 0 radical (unpaired) electrons. The van der Waals surface area contributed by atoms with E-state index in [1.807, 2.05) is 13.8 Å². The Morgan fingerprint density at radius 1 is 1.00 bits per heavy atom. The normalized spacial score (nSPS) is 28.9. The number of Topliss-reactive ketones (excluding diaryl/α,β-unsaturated/α-hetero) is 1. The molecule has 0 aliphatic heterocycles. The van der Waals surface area contributed by atoms with Gasteiger partial charge in [-0.2, -0.15) is 0 Å². The first-order valence-electron chi connectivity index (χ1n) is 5.26. The van der Waals surface area contributed by atoms with Gasteiger partial charge in [-0.1, -0.05) is 12.5 Å². The van der Waals surface area contributed by atoms with Crippen LogP contribution in [-0.4, -0.2) is 5.78 Å². The van der Waals surface area contributed by atoms with Gasteiger partial charge >= 0.3 is 0 Å². The largest absolute Gasteiger partial charge is 0.294 e. The molecule has 0 N–H and O–H groups in total. The zero-order valence-electron chi connectivity index (χ0n) is 10.1. The molecule has 0 heterocycles. The molecule has 0 amide bonds. The highest BCUT2D eigenvalue weighted by Gasteiger charge is 2.38. The Hall–Kier alpha value is -0.850. The molecular formula is C13H20O. The van der Waals surface area contributed by atoms with Crippen molar-refractivity contribution in [3.05, 3.63) is 22.3 Å². The van der Waals surface area contributed by atoms with Gasteiger partial charge < -0.3 is 0 Å². The van der Waals surface area contributed by atoms with Gasteiger partial charge in [0.2, 0.25) is 0 Å². The average Bonchev–Trinajstić information content (AvgIpc) is 2.21. The second kappa shape index (κ2) is 3.38. The predicted octanol–water partition coefficient (Wildman–Crippen LogP) is 3.66. The van der Waals surface area contributed by atoms with Crippen LogP contribution >= 0.6 is 0 Å². The number of allylic oxidation sites excluding steroid dienone is 4. The lowest BCUT2D eigenvalue weighted by Gasteiger charge is -2.34. The van der Waals surface area contributed by atoms with E-state index in [0.29, 0.717) is 5.78 Å². The number of ketones is 1. The standard InChI is InChI=1S/C13H20O/c1-7-13(6)11(5)9(3)8(2)10(4)12(13)14/h7H2,1-6H3. The zero-order chi connectivity index (χ0) is 11.1. The maximum atomic E-state index is 12.2. The van der Waals surface area contributed by atoms with E-state index < -0.39 is 0 Å². The second-order valence-electron chi connectivity index (χ2n) is 4.51. The molecule has 1 heteroatoms. The molecule has 0 fully saturated rings. The summed E-state index contributed by atoms with van der Waals surface area (Å²) >= 11 is 0. The summed E-state index contributed by atoms with van der Waals surface area (Å²) in [5, 5.41) is 0. The van der Waals surface area contributed by atoms with Crippen molar-refractivity contribution < 1.29 is 4.79 Å². The Balaban J connectivity index is 3.41. The molecule has 0 aromatic rings. The first-order valence-corrected chi connectivity index (χ1v) is 5.26. The van der Waals surface area contributed by atoms with Crippen molar-refractivity contribution in [1.82, 2.24) is 0 Å². The summed E-state index contributed by atoms with van der Waals surface area (Å²) in [5.74, 6) is 0.306. The molecule has 0 saturated heterocycles. The minimum absolute atomic E-state index is 0.256. The molecule has 1 aliphatic carbocycles. The van der Waals surface area contributed by atoms with Crippen LogP contribution in [0.5, 0.6) is 0 Å². The van der Waals surface area contributed by atoms with Crippen LogP contribution < -0.4 is 0 Å². The van der Waals surface area contributed by atoms with Crippen LogP contribution in [0.1, 0.15) is 48.0 Å². The molecule has 0 saturated carbocycles. The molecule has 0 aromatic heterocycles. The molecule has 0 aromatic carbocycles. The van der Waals surface area contributed by atoms with Gasteiger partial charge in [0.15, 0.2) is 5.78 Å². The SMILES string of the molecule is CCC1(C)C(=O)C(C)=C(C)C(C)=C1C. The Morgan fingerprint density at radius 2 is 1.50 bits per heavy atom. The molecular weight excluding hydrogens is 172 g/mol. The van der Waals surface area contributed by atoms with Crippen molar-refractivity contribution in [1.29, 1.82) is 0 Å². The van der Waals surface area contributed by atoms with Crippen molar-refractivity contribution in [3.63, 3.8) is 0 Å². The lowest BCUT2D eigenvalue weighted by molar-refractivity contribution is -0.122. The summed E-state index contributed by atoms with van der Waals surface area (Å²) in [6, 6.07) is 0. The van der Waals surface area contributed by atoms with Gasteiger partial charge in [-0.25, -0.2) is 0 Å². The quantitative estimate of drug-likeness (QED) is 0.619. The second-order valence-corrected chi connectivity index (χ2v) is 4.51. The summed E-state index contributed by atoms with van der Waals surface area (Å²) in [4.78, 5) is 12.2. The van der Waals surface area contributed by atoms with Crippen molar-refractivity contribution in [3.8, 4) is 0 Å². The van der Waals surface area contributed by atoms with Crippen LogP contribution in [0.2, 0.25) is 0 Å². The van der Waals surface area contributed by atoms with E-state index in [9.17, 15) is 4.79 Å². The van der Waals surface area contributed by atoms with Gasteiger partial charge in [-0.05, 0) is 57.8 Å². The highest BCUT2D eigenvalue weighted by molar-refractivity contribution is 6.04. The number of hydrogen-bond acceptors (Lipinski definition) is 1. The van der Waals surface area contributed by atoms with Gasteiger partial charge in [0.1, 0.15) is 0 Å². The third-order valence-electron chi connectivity index (χ3n) is 4.06. The lowest BCUT2D eigenvalue weighted by Crippen LogP contribution is -2.33. The van der Waals surface area contributed by atoms with Crippen LogP contribution in [-0.2, 0) is 4.79 Å². The van der Waals surface area contributed by atoms with Crippen LogP contribution in [0.3, 0.4) is 0 Å². The molecule has 14 heavy (non-hydrogen) atoms. The first-order chi connectivity index (χ1) is 6.36. The monoisotopic (exact) mass is 192 g/mol. The Kier molecular flexibility index (Phi) is 2.71. The fraction of sp³-hybridized carbons (Fsp3) is 0.615. The molecule has 0 spiro atoms. The lowest BCUT2D eigenvalue weighted by atomic mass is 9.68. The van der Waals surface area contributed by atoms with Crippen molar-refractivity contribution in [2.75, 3.05) is 0 Å². The van der Waals surface area contributed by atoms with E-state index in [4.69, 9.17) is 0 Å². The van der Waals surface area contributed by atoms with Crippen molar-refractivity contribution in [2.24, 2.45) is 5.41 Å². The molecule has 1 atom stereocenters. The number of hydrogen-bond donors (Lipinski definition) is 0. The highest BCUT2D eigenvalue weighted by atomic mass is 16.1. The number of carbonyl (C=O) groups excluding carboxylic acids is 1. The van der Waals surface area contributed by atoms with E-state index in [0.717, 1.165) is 12.0 Å². The summed E-state index contributed by atoms with van der Waals surface area (Å²) < 4.78 is 0. The molecule has 0 bridgehead atoms. The summed E-state index contributed by atoms with van der Waals surface area (Å²) in [5.41, 5.74) is 4.39. The van der Waals surface area contributed by atoms with E-state index in [2.05, 4.69) is 27.7 Å². The third kappa shape index (κ3) is 1.26. The van der Waals surface area contributed by atoms with E-state index >= 15 is 0 Å². The van der Waals surface area contributed by atoms with Gasteiger partial charge in [0, 0.05) is 0 Å². The summed E-state index contributed by atoms with van der Waals surface area (Å²) in [6.07, 6.45) is 0.889. The molecule has 1 aliphatic rings. The number of rotatable bonds is 1. The molecule has 78 valence electrons. The van der Waals surface area contributed by atoms with Gasteiger partial charge in [-0.3, -0.25) is 4.79 Å². The van der Waals surface area contributed by atoms with Crippen LogP contribution in [0.4, 0.5) is 0 Å². The van der Waals surface area contributed by atoms with Crippen molar-refractivity contribution in [2.45, 2.75) is 48.0 Å². The van der Waals surface area contributed by atoms with E-state index in [1.54, 1.807) is 0 Å². The summed E-state index contributed by atoms with van der Waals surface area (Å²) in [6.45, 7) is 12.3. The van der Waals surface area contributed by atoms with Crippen LogP contribution in [0.15, 0.2) is 22.3 Å². The Morgan fingerprint density at radius 3 is 1.93 bits per heavy atom. The predicted molar refractivity (Wildman–Crippen MR) is 60.2 cm³/mol. The van der Waals surface area contributed by atoms with Crippen LogP contribution in [0, 0.1) is 5.41 Å². The minimum Gasteiger partial charge on any atom is -0.294 e. The molecule has 1 unspecified atom stereocenters. The maximum absolute atomic E-state index is 12.2. The van der Waals surface area contributed by atoms with Crippen LogP contribution in [0.25, 0.3) is 0 Å². The smallest absolute Gasteiger partial charge is 0.168 e. The van der Waals surface area contributed by atoms with Gasteiger partial charge in [0.25, 0.3) is 0 Å². The highest BCUT2D eigenvalue weighted by Crippen LogP contribution is 2.42. The summed E-state index contributed by atoms with van der Waals surface area (Å²) in [7, 11) is 0. The molecule has 1 rings (SSSR count). The maximum Gasteiger partial charge on any atom is 0.168 e. The van der Waals surface area contributed by atoms with Gasteiger partial charge in [-0.15, -0.1) is 0 Å². The van der Waals surface area contributed by atoms with Gasteiger partial charge in [0.05, 0.1) is 5.41 Å². The Bertz CT molecular complexity index is 344. The van der Waals surface area contributed by atoms with E-state index in [1.165, 1.54) is 16.7 Å². The average molecular weight is 192 g/mol. The third-order valence-corrected chi connectivity index (χ3v) is 4.06. The minimum atomic E-state index is -0.256. The first kappa shape index (κ1) is 11.2. The fourth-order valence-corrected chi connectivity index (χ4v) is 2.16. The van der Waals surface area contributed by atoms with E-state index in [-0.39, 0.29) is 5.41 Å².